The molecule has 10 heteroatoms. The first kappa shape index (κ1) is 21.3. The molecule has 0 aliphatic rings. The third-order valence-corrected chi connectivity index (χ3v) is 6.80. The molecular formula is C19H17Cl2N3O4S. The average Bonchev–Trinajstić information content (AvgIpc) is 2.73. The molecule has 2 aromatic carbocycles. The van der Waals surface area contributed by atoms with E-state index in [4.69, 9.17) is 27.9 Å². The lowest BCUT2D eigenvalue weighted by molar-refractivity contribution is 0.414. The molecule has 0 atom stereocenters. The molecule has 3 aromatic rings. The molecule has 7 nitrogen and oxygen atoms in total. The molecule has 152 valence electrons. The van der Waals surface area contributed by atoms with E-state index in [2.05, 4.69) is 5.10 Å². The van der Waals surface area contributed by atoms with Gasteiger partial charge in [-0.15, -0.1) is 0 Å². The Labute approximate surface area is 178 Å². The minimum Gasteiger partial charge on any atom is -0.497 e. The van der Waals surface area contributed by atoms with Gasteiger partial charge in [0.25, 0.3) is 5.56 Å². The Kier molecular flexibility index (Phi) is 6.28. The van der Waals surface area contributed by atoms with Gasteiger partial charge < -0.3 is 4.74 Å². The van der Waals surface area contributed by atoms with E-state index in [1.54, 1.807) is 31.4 Å². The number of ether oxygens (including phenoxy) is 1. The second kappa shape index (κ2) is 8.54. The number of sulfonamides is 1. The molecule has 0 N–H and O–H groups in total. The molecule has 0 radical (unpaired) electrons. The lowest BCUT2D eigenvalue weighted by Gasteiger charge is -2.18. The van der Waals surface area contributed by atoms with Gasteiger partial charge in [0, 0.05) is 13.6 Å². The van der Waals surface area contributed by atoms with Crippen LogP contribution < -0.4 is 10.3 Å². The van der Waals surface area contributed by atoms with Crippen LogP contribution in [0.2, 0.25) is 10.0 Å². The number of aromatic nitrogens is 2. The molecule has 1 heterocycles. The van der Waals surface area contributed by atoms with E-state index >= 15 is 0 Å². The molecule has 1 aromatic heterocycles. The topological polar surface area (TPSA) is 81.5 Å². The number of hydrogen-bond acceptors (Lipinski definition) is 5. The van der Waals surface area contributed by atoms with Gasteiger partial charge in [0.1, 0.15) is 10.8 Å². The monoisotopic (exact) mass is 453 g/mol. The van der Waals surface area contributed by atoms with Crippen molar-refractivity contribution >= 4 is 33.2 Å². The summed E-state index contributed by atoms with van der Waals surface area (Å²) in [6, 6.07) is 12.9. The van der Waals surface area contributed by atoms with Crippen molar-refractivity contribution in [3.8, 4) is 11.4 Å². The fourth-order valence-corrected chi connectivity index (χ4v) is 4.02. The van der Waals surface area contributed by atoms with Crippen LogP contribution in [-0.2, 0) is 16.6 Å². The molecule has 0 aliphatic carbocycles. The minimum absolute atomic E-state index is 0.0484. The van der Waals surface area contributed by atoms with Gasteiger partial charge in [0.2, 0.25) is 10.0 Å². The Morgan fingerprint density at radius 1 is 1.07 bits per heavy atom. The fourth-order valence-electron chi connectivity index (χ4n) is 2.61. The second-order valence-electron chi connectivity index (χ2n) is 6.13. The van der Waals surface area contributed by atoms with Crippen molar-refractivity contribution in [3.05, 3.63) is 80.7 Å². The number of benzene rings is 2. The maximum absolute atomic E-state index is 12.9. The highest BCUT2D eigenvalue weighted by molar-refractivity contribution is 7.89. The molecule has 0 unspecified atom stereocenters. The van der Waals surface area contributed by atoms with Gasteiger partial charge in [-0.25, -0.2) is 8.42 Å². The summed E-state index contributed by atoms with van der Waals surface area (Å²) < 4.78 is 33.1. The lowest BCUT2D eigenvalue weighted by Crippen LogP contribution is -2.26. The minimum atomic E-state index is -3.73. The lowest BCUT2D eigenvalue weighted by atomic mass is 10.2. The predicted molar refractivity (Wildman–Crippen MR) is 112 cm³/mol. The van der Waals surface area contributed by atoms with Crippen molar-refractivity contribution < 1.29 is 13.2 Å². The first-order chi connectivity index (χ1) is 13.7. The van der Waals surface area contributed by atoms with E-state index in [1.165, 1.54) is 41.8 Å². The Hall–Kier alpha value is -2.39. The van der Waals surface area contributed by atoms with E-state index in [9.17, 15) is 13.2 Å². The second-order valence-corrected chi connectivity index (χ2v) is 8.96. The zero-order valence-corrected chi connectivity index (χ0v) is 17.9. The van der Waals surface area contributed by atoms with Gasteiger partial charge >= 0.3 is 0 Å². The molecule has 3 rings (SSSR count). The Morgan fingerprint density at radius 3 is 2.28 bits per heavy atom. The van der Waals surface area contributed by atoms with E-state index in [0.717, 1.165) is 10.2 Å². The van der Waals surface area contributed by atoms with Crippen molar-refractivity contribution in [2.75, 3.05) is 14.2 Å². The summed E-state index contributed by atoms with van der Waals surface area (Å²) >= 11 is 11.6. The summed E-state index contributed by atoms with van der Waals surface area (Å²) in [4.78, 5) is 12.3. The van der Waals surface area contributed by atoms with Gasteiger partial charge in [-0.2, -0.15) is 14.1 Å². The highest BCUT2D eigenvalue weighted by Gasteiger charge is 2.21. The van der Waals surface area contributed by atoms with Crippen molar-refractivity contribution in [1.82, 2.24) is 14.1 Å². The smallest absolute Gasteiger partial charge is 0.291 e. The molecule has 29 heavy (non-hydrogen) atoms. The van der Waals surface area contributed by atoms with Crippen LogP contribution in [0, 0.1) is 0 Å². The van der Waals surface area contributed by atoms with Crippen molar-refractivity contribution in [1.29, 1.82) is 0 Å². The normalized spacial score (nSPS) is 11.6. The Balaban J connectivity index is 1.84. The number of nitrogens with zero attached hydrogens (tertiary/aromatic N) is 3. The van der Waals surface area contributed by atoms with Gasteiger partial charge in [-0.05, 0) is 42.0 Å². The molecule has 0 amide bonds. The largest absolute Gasteiger partial charge is 0.497 e. The van der Waals surface area contributed by atoms with Crippen LogP contribution in [0.1, 0.15) is 5.56 Å². The molecule has 0 spiro atoms. The molecule has 0 saturated carbocycles. The van der Waals surface area contributed by atoms with Crippen LogP contribution in [0.4, 0.5) is 0 Å². The van der Waals surface area contributed by atoms with Crippen LogP contribution in [0.3, 0.4) is 0 Å². The number of hydrogen-bond donors (Lipinski definition) is 0. The maximum Gasteiger partial charge on any atom is 0.291 e. The summed E-state index contributed by atoms with van der Waals surface area (Å²) in [6.07, 6.45) is 1.25. The summed E-state index contributed by atoms with van der Waals surface area (Å²) in [5, 5.41) is 3.82. The highest BCUT2D eigenvalue weighted by Crippen LogP contribution is 2.21. The van der Waals surface area contributed by atoms with Gasteiger partial charge in [-0.3, -0.25) is 4.79 Å². The third-order valence-electron chi connectivity index (χ3n) is 4.23. The van der Waals surface area contributed by atoms with Crippen molar-refractivity contribution in [2.45, 2.75) is 11.4 Å². The van der Waals surface area contributed by atoms with Crippen LogP contribution in [0.25, 0.3) is 5.69 Å². The quantitative estimate of drug-likeness (QED) is 0.571. The fraction of sp³-hybridized carbons (Fsp3) is 0.158. The summed E-state index contributed by atoms with van der Waals surface area (Å²) in [6.45, 7) is 0.196. The predicted octanol–water partition coefficient (Wildman–Crippen LogP) is 3.37. The van der Waals surface area contributed by atoms with Gasteiger partial charge in [0.15, 0.2) is 0 Å². The van der Waals surface area contributed by atoms with Crippen LogP contribution in [0.5, 0.6) is 5.75 Å². The zero-order chi connectivity index (χ0) is 21.2. The van der Waals surface area contributed by atoms with E-state index in [1.807, 2.05) is 0 Å². The number of halogens is 2. The summed E-state index contributed by atoms with van der Waals surface area (Å²) in [7, 11) is -0.665. The van der Waals surface area contributed by atoms with Gasteiger partial charge in [0.05, 0.1) is 28.9 Å². The molecular weight excluding hydrogens is 437 g/mol. The molecule has 0 saturated heterocycles. The first-order valence-corrected chi connectivity index (χ1v) is 10.6. The maximum atomic E-state index is 12.9. The van der Waals surface area contributed by atoms with Crippen LogP contribution >= 0.6 is 23.2 Å². The van der Waals surface area contributed by atoms with E-state index in [-0.39, 0.29) is 21.5 Å². The van der Waals surface area contributed by atoms with Crippen molar-refractivity contribution in [3.63, 3.8) is 0 Å². The standard InChI is InChI=1S/C19H17Cl2N3O4S/c1-23(12-13-3-7-15(28-2)8-4-13)29(26,27)16-9-5-14(6-10-16)24-19(25)18(21)17(20)11-22-24/h3-11H,12H2,1-2H3. The summed E-state index contributed by atoms with van der Waals surface area (Å²) in [5.41, 5.74) is 0.594. The number of methoxy groups -OCH3 is 1. The van der Waals surface area contributed by atoms with Crippen molar-refractivity contribution in [2.24, 2.45) is 0 Å². The van der Waals surface area contributed by atoms with Crippen LogP contribution in [-0.4, -0.2) is 36.7 Å². The Morgan fingerprint density at radius 2 is 1.69 bits per heavy atom. The molecule has 0 bridgehead atoms. The SMILES string of the molecule is COc1ccc(CN(C)S(=O)(=O)c2ccc(-n3ncc(Cl)c(Cl)c3=O)cc2)cc1. The third kappa shape index (κ3) is 4.45. The molecule has 0 aliphatic heterocycles. The Bertz CT molecular complexity index is 1180. The van der Waals surface area contributed by atoms with E-state index < -0.39 is 15.6 Å². The van der Waals surface area contributed by atoms with Crippen LogP contribution in [0.15, 0.2) is 64.4 Å². The zero-order valence-electron chi connectivity index (χ0n) is 15.5. The number of rotatable bonds is 6. The molecule has 0 fully saturated rings. The highest BCUT2D eigenvalue weighted by atomic mass is 35.5. The average molecular weight is 454 g/mol. The summed E-state index contributed by atoms with van der Waals surface area (Å²) in [5.74, 6) is 0.695. The first-order valence-electron chi connectivity index (χ1n) is 8.37. The van der Waals surface area contributed by atoms with E-state index in [0.29, 0.717) is 11.4 Å². The van der Waals surface area contributed by atoms with Gasteiger partial charge in [-0.1, -0.05) is 35.3 Å².